The van der Waals surface area contributed by atoms with Crippen LogP contribution in [0.5, 0.6) is 0 Å². The van der Waals surface area contributed by atoms with Crippen LogP contribution in [0.4, 0.5) is 0 Å². The first-order valence-electron chi connectivity index (χ1n) is 10.5. The Morgan fingerprint density at radius 2 is 1.78 bits per heavy atom. The minimum atomic E-state index is -0.0526. The third kappa shape index (κ3) is 4.14. The maximum atomic E-state index is 13.0. The molecule has 27 heavy (non-hydrogen) atoms. The van der Waals surface area contributed by atoms with E-state index in [0.717, 1.165) is 51.5 Å². The van der Waals surface area contributed by atoms with Gasteiger partial charge in [0.2, 0.25) is 5.91 Å². The fraction of sp³-hybridized carbons (Fsp3) is 0.714. The third-order valence-corrected chi connectivity index (χ3v) is 6.07. The molecule has 1 atom stereocenters. The molecule has 3 rings (SSSR count). The van der Waals surface area contributed by atoms with Gasteiger partial charge in [0.15, 0.2) is 5.82 Å². The second-order valence-corrected chi connectivity index (χ2v) is 7.73. The van der Waals surface area contributed by atoms with E-state index in [0.29, 0.717) is 30.2 Å². The molecule has 1 aromatic heterocycles. The number of hydrogen-bond acceptors (Lipinski definition) is 4. The lowest BCUT2D eigenvalue weighted by atomic mass is 9.97. The van der Waals surface area contributed by atoms with E-state index in [-0.39, 0.29) is 23.8 Å². The van der Waals surface area contributed by atoms with Crippen LogP contribution in [0.1, 0.15) is 86.7 Å². The number of carbonyl (C=O) groups excluding carboxylic acids is 2. The summed E-state index contributed by atoms with van der Waals surface area (Å²) in [6.45, 7) is 7.95. The van der Waals surface area contributed by atoms with Crippen LogP contribution in [-0.2, 0) is 4.79 Å². The van der Waals surface area contributed by atoms with Gasteiger partial charge < -0.3 is 9.80 Å². The van der Waals surface area contributed by atoms with Crippen LogP contribution >= 0.6 is 0 Å². The SMILES string of the molecule is CCN(CC)C(=O)c1cnc(C2CCCCN2C(=O)C2CCCC2)nc1C. The van der Waals surface area contributed by atoms with Gasteiger partial charge in [0.25, 0.3) is 5.91 Å². The lowest BCUT2D eigenvalue weighted by Crippen LogP contribution is -2.42. The first kappa shape index (κ1) is 19.8. The molecule has 1 aliphatic heterocycles. The summed E-state index contributed by atoms with van der Waals surface area (Å²) in [5, 5.41) is 0. The molecular weight excluding hydrogens is 340 g/mol. The number of likely N-dealkylation sites (tertiary alicyclic amines) is 1. The highest BCUT2D eigenvalue weighted by atomic mass is 16.2. The van der Waals surface area contributed by atoms with Crippen molar-refractivity contribution in [1.29, 1.82) is 0 Å². The van der Waals surface area contributed by atoms with Crippen LogP contribution in [0.3, 0.4) is 0 Å². The number of amides is 2. The summed E-state index contributed by atoms with van der Waals surface area (Å²) in [7, 11) is 0. The molecule has 0 N–H and O–H groups in total. The molecule has 6 heteroatoms. The highest BCUT2D eigenvalue weighted by molar-refractivity contribution is 5.94. The molecule has 0 aromatic carbocycles. The molecule has 2 heterocycles. The minimum absolute atomic E-state index is 0.0217. The van der Waals surface area contributed by atoms with Crippen molar-refractivity contribution >= 4 is 11.8 Å². The monoisotopic (exact) mass is 372 g/mol. The van der Waals surface area contributed by atoms with Crippen LogP contribution in [0.25, 0.3) is 0 Å². The van der Waals surface area contributed by atoms with Gasteiger partial charge >= 0.3 is 0 Å². The average molecular weight is 373 g/mol. The van der Waals surface area contributed by atoms with Gasteiger partial charge in [0.1, 0.15) is 0 Å². The van der Waals surface area contributed by atoms with Crippen LogP contribution in [0, 0.1) is 12.8 Å². The van der Waals surface area contributed by atoms with Crippen molar-refractivity contribution < 1.29 is 9.59 Å². The van der Waals surface area contributed by atoms with Gasteiger partial charge in [-0.2, -0.15) is 0 Å². The number of aromatic nitrogens is 2. The first-order chi connectivity index (χ1) is 13.1. The predicted molar refractivity (Wildman–Crippen MR) is 104 cm³/mol. The van der Waals surface area contributed by atoms with Gasteiger partial charge in [-0.1, -0.05) is 12.8 Å². The van der Waals surface area contributed by atoms with Gasteiger partial charge in [-0.05, 0) is 52.9 Å². The normalized spacial score (nSPS) is 20.7. The molecule has 1 aliphatic carbocycles. The standard InChI is InChI=1S/C21H32N4O2/c1-4-24(5-2)21(27)17-14-22-19(23-15(17)3)18-12-8-9-13-25(18)20(26)16-10-6-7-11-16/h14,16,18H,4-13H2,1-3H3. The number of piperidine rings is 1. The largest absolute Gasteiger partial charge is 0.339 e. The second kappa shape index (κ2) is 8.81. The highest BCUT2D eigenvalue weighted by Gasteiger charge is 2.35. The van der Waals surface area contributed by atoms with E-state index < -0.39 is 0 Å². The summed E-state index contributed by atoms with van der Waals surface area (Å²) in [6, 6.07) is -0.0526. The molecule has 1 saturated heterocycles. The van der Waals surface area contributed by atoms with E-state index in [1.54, 1.807) is 11.1 Å². The molecule has 1 unspecified atom stereocenters. The molecule has 1 aromatic rings. The topological polar surface area (TPSA) is 66.4 Å². The van der Waals surface area contributed by atoms with Gasteiger partial charge in [-0.3, -0.25) is 9.59 Å². The number of hydrogen-bond donors (Lipinski definition) is 0. The van der Waals surface area contributed by atoms with Crippen LogP contribution in [-0.4, -0.2) is 51.2 Å². The maximum Gasteiger partial charge on any atom is 0.257 e. The van der Waals surface area contributed by atoms with Crippen molar-refractivity contribution in [2.75, 3.05) is 19.6 Å². The Morgan fingerprint density at radius 1 is 1.11 bits per heavy atom. The van der Waals surface area contributed by atoms with E-state index in [9.17, 15) is 9.59 Å². The molecule has 0 bridgehead atoms. The van der Waals surface area contributed by atoms with Gasteiger partial charge in [-0.15, -0.1) is 0 Å². The van der Waals surface area contributed by atoms with E-state index in [4.69, 9.17) is 0 Å². The number of carbonyl (C=O) groups is 2. The second-order valence-electron chi connectivity index (χ2n) is 7.73. The van der Waals surface area contributed by atoms with E-state index in [1.807, 2.05) is 25.7 Å². The van der Waals surface area contributed by atoms with Gasteiger partial charge in [0, 0.05) is 31.7 Å². The van der Waals surface area contributed by atoms with Crippen molar-refractivity contribution in [1.82, 2.24) is 19.8 Å². The summed E-state index contributed by atoms with van der Waals surface area (Å²) in [4.78, 5) is 38.7. The predicted octanol–water partition coefficient (Wildman–Crippen LogP) is 3.51. The van der Waals surface area contributed by atoms with E-state index in [2.05, 4.69) is 9.97 Å². The lowest BCUT2D eigenvalue weighted by molar-refractivity contribution is -0.139. The Labute approximate surface area is 162 Å². The molecule has 6 nitrogen and oxygen atoms in total. The fourth-order valence-corrected chi connectivity index (χ4v) is 4.41. The van der Waals surface area contributed by atoms with Crippen molar-refractivity contribution in [3.8, 4) is 0 Å². The van der Waals surface area contributed by atoms with Crippen molar-refractivity contribution in [2.24, 2.45) is 5.92 Å². The zero-order valence-corrected chi connectivity index (χ0v) is 16.9. The molecule has 148 valence electrons. The molecular formula is C21H32N4O2. The number of aryl methyl sites for hydroxylation is 1. The minimum Gasteiger partial charge on any atom is -0.339 e. The smallest absolute Gasteiger partial charge is 0.257 e. The van der Waals surface area contributed by atoms with Crippen molar-refractivity contribution in [2.45, 2.75) is 71.8 Å². The number of rotatable bonds is 5. The quantitative estimate of drug-likeness (QED) is 0.793. The summed E-state index contributed by atoms with van der Waals surface area (Å²) in [6.07, 6.45) is 9.04. The van der Waals surface area contributed by atoms with Gasteiger partial charge in [-0.25, -0.2) is 9.97 Å². The van der Waals surface area contributed by atoms with E-state index in [1.165, 1.54) is 0 Å². The number of nitrogens with zero attached hydrogens (tertiary/aromatic N) is 4. The zero-order chi connectivity index (χ0) is 19.4. The summed E-state index contributed by atoms with van der Waals surface area (Å²) < 4.78 is 0. The Morgan fingerprint density at radius 3 is 2.41 bits per heavy atom. The summed E-state index contributed by atoms with van der Waals surface area (Å²) in [5.74, 6) is 1.12. The molecule has 1 saturated carbocycles. The molecule has 0 spiro atoms. The lowest BCUT2D eigenvalue weighted by Gasteiger charge is -2.36. The molecule has 2 amide bonds. The Bertz CT molecular complexity index is 681. The summed E-state index contributed by atoms with van der Waals surface area (Å²) >= 11 is 0. The maximum absolute atomic E-state index is 13.0. The van der Waals surface area contributed by atoms with Gasteiger partial charge in [0.05, 0.1) is 17.3 Å². The van der Waals surface area contributed by atoms with Crippen molar-refractivity contribution in [3.63, 3.8) is 0 Å². The van der Waals surface area contributed by atoms with Crippen LogP contribution in [0.15, 0.2) is 6.20 Å². The third-order valence-electron chi connectivity index (χ3n) is 6.07. The Balaban J connectivity index is 1.82. The fourth-order valence-electron chi connectivity index (χ4n) is 4.41. The zero-order valence-electron chi connectivity index (χ0n) is 16.9. The molecule has 2 aliphatic rings. The van der Waals surface area contributed by atoms with Crippen LogP contribution < -0.4 is 0 Å². The van der Waals surface area contributed by atoms with Crippen LogP contribution in [0.2, 0.25) is 0 Å². The average Bonchev–Trinajstić information content (AvgIpc) is 3.23. The highest BCUT2D eigenvalue weighted by Crippen LogP contribution is 2.34. The van der Waals surface area contributed by atoms with E-state index >= 15 is 0 Å². The first-order valence-corrected chi connectivity index (χ1v) is 10.5. The Hall–Kier alpha value is -1.98. The molecule has 2 fully saturated rings. The van der Waals surface area contributed by atoms with Crippen molar-refractivity contribution in [3.05, 3.63) is 23.3 Å². The molecule has 0 radical (unpaired) electrons. The Kier molecular flexibility index (Phi) is 6.45. The summed E-state index contributed by atoms with van der Waals surface area (Å²) in [5.41, 5.74) is 1.27.